The molecule has 0 amide bonds. The lowest BCUT2D eigenvalue weighted by molar-refractivity contribution is 0.0968. The van der Waals surface area contributed by atoms with E-state index in [1.165, 1.54) is 16.3 Å². The monoisotopic (exact) mass is 526 g/mol. The van der Waals surface area contributed by atoms with Crippen molar-refractivity contribution in [2.75, 3.05) is 30.2 Å². The third-order valence-corrected chi connectivity index (χ3v) is 6.79. The molecule has 10 nitrogen and oxygen atoms in total. The second-order valence-electron chi connectivity index (χ2n) is 9.56. The molecule has 198 valence electrons. The van der Waals surface area contributed by atoms with Crippen molar-refractivity contribution in [1.29, 1.82) is 0 Å². The van der Waals surface area contributed by atoms with Gasteiger partial charge in [0.25, 0.3) is 5.56 Å². The van der Waals surface area contributed by atoms with E-state index in [4.69, 9.17) is 15.5 Å². The molecule has 1 aliphatic heterocycles. The molecule has 11 heteroatoms. The molecule has 0 spiro atoms. The van der Waals surface area contributed by atoms with Crippen molar-refractivity contribution >= 4 is 34.7 Å². The average Bonchev–Trinajstić information content (AvgIpc) is 3.27. The highest BCUT2D eigenvalue weighted by molar-refractivity contribution is 7.98. The summed E-state index contributed by atoms with van der Waals surface area (Å²) in [5.41, 5.74) is 7.14. The number of Topliss-reactive ketones (excluding diaryl/α,β-unsaturated/α-hetero) is 1. The number of hydrogen-bond donors (Lipinski definition) is 1. The number of anilines is 1. The Morgan fingerprint density at radius 2 is 2.05 bits per heavy atom. The summed E-state index contributed by atoms with van der Waals surface area (Å²) in [6.07, 6.45) is 5.78. The lowest BCUT2D eigenvalue weighted by Gasteiger charge is -2.31. The van der Waals surface area contributed by atoms with Gasteiger partial charge in [0.15, 0.2) is 16.9 Å². The quantitative estimate of drug-likeness (QED) is 0.257. The van der Waals surface area contributed by atoms with E-state index in [-0.39, 0.29) is 18.4 Å². The molecule has 1 fully saturated rings. The topological polar surface area (TPSA) is 117 Å². The van der Waals surface area contributed by atoms with Gasteiger partial charge in [0.1, 0.15) is 11.7 Å². The Labute approximate surface area is 219 Å². The number of ketones is 1. The molecular formula is C26H34N6O4S. The fraction of sp³-hybridized carbons (Fsp3) is 0.462. The van der Waals surface area contributed by atoms with Crippen molar-refractivity contribution in [3.8, 4) is 5.75 Å². The van der Waals surface area contributed by atoms with Crippen LogP contribution in [0.4, 0.5) is 5.95 Å². The highest BCUT2D eigenvalue weighted by Crippen LogP contribution is 2.23. The van der Waals surface area contributed by atoms with Gasteiger partial charge in [-0.25, -0.2) is 4.79 Å². The fourth-order valence-electron chi connectivity index (χ4n) is 4.50. The predicted octanol–water partition coefficient (Wildman–Crippen LogP) is 2.37. The van der Waals surface area contributed by atoms with Gasteiger partial charge in [-0.1, -0.05) is 23.8 Å². The van der Waals surface area contributed by atoms with E-state index in [9.17, 15) is 14.4 Å². The van der Waals surface area contributed by atoms with E-state index in [0.717, 1.165) is 29.5 Å². The van der Waals surface area contributed by atoms with Crippen molar-refractivity contribution in [3.63, 3.8) is 0 Å². The highest BCUT2D eigenvalue weighted by Gasteiger charge is 2.26. The molecule has 37 heavy (non-hydrogen) atoms. The van der Waals surface area contributed by atoms with Gasteiger partial charge in [-0.05, 0) is 45.1 Å². The van der Waals surface area contributed by atoms with E-state index < -0.39 is 11.2 Å². The maximum Gasteiger partial charge on any atom is 0.332 e. The number of aromatic nitrogens is 4. The molecule has 4 rings (SSSR count). The Hall–Kier alpha value is -3.31. The van der Waals surface area contributed by atoms with Crippen molar-refractivity contribution < 1.29 is 9.53 Å². The Morgan fingerprint density at radius 1 is 1.27 bits per heavy atom. The first kappa shape index (κ1) is 26.7. The second kappa shape index (κ2) is 11.4. The molecular weight excluding hydrogens is 492 g/mol. The number of carbonyl (C=O) groups is 1. The van der Waals surface area contributed by atoms with Gasteiger partial charge >= 0.3 is 5.69 Å². The van der Waals surface area contributed by atoms with Crippen LogP contribution in [0.5, 0.6) is 5.75 Å². The number of benzene rings is 1. The zero-order valence-corrected chi connectivity index (χ0v) is 22.6. The average molecular weight is 527 g/mol. The first-order valence-electron chi connectivity index (χ1n) is 12.3. The number of rotatable bonds is 9. The van der Waals surface area contributed by atoms with Gasteiger partial charge in [-0.15, -0.1) is 11.8 Å². The van der Waals surface area contributed by atoms with Crippen molar-refractivity contribution in [2.24, 2.45) is 12.8 Å². The van der Waals surface area contributed by atoms with Crippen LogP contribution in [0, 0.1) is 0 Å². The third kappa shape index (κ3) is 5.67. The van der Waals surface area contributed by atoms with Gasteiger partial charge in [-0.2, -0.15) is 4.98 Å². The summed E-state index contributed by atoms with van der Waals surface area (Å²) in [4.78, 5) is 47.0. The number of hydrogen-bond acceptors (Lipinski definition) is 8. The number of carbonyl (C=O) groups excluding carboxylic acids is 1. The zero-order chi connectivity index (χ0) is 26.7. The molecule has 2 N–H and O–H groups in total. The molecule has 1 atom stereocenters. The lowest BCUT2D eigenvalue weighted by Crippen LogP contribution is -2.44. The Kier molecular flexibility index (Phi) is 8.23. The summed E-state index contributed by atoms with van der Waals surface area (Å²) in [5, 5.41) is 0. The number of aryl methyl sites for hydroxylation is 1. The van der Waals surface area contributed by atoms with E-state index in [1.807, 2.05) is 30.7 Å². The predicted molar refractivity (Wildman–Crippen MR) is 148 cm³/mol. The number of imidazole rings is 1. The molecule has 1 aliphatic rings. The minimum absolute atomic E-state index is 0.0132. The van der Waals surface area contributed by atoms with Gasteiger partial charge in [0, 0.05) is 38.3 Å². The van der Waals surface area contributed by atoms with Crippen LogP contribution >= 0.6 is 11.8 Å². The van der Waals surface area contributed by atoms with Crippen LogP contribution in [0.2, 0.25) is 0 Å². The number of allylic oxidation sites excluding steroid dienone is 2. The first-order chi connectivity index (χ1) is 17.7. The highest BCUT2D eigenvalue weighted by atomic mass is 32.2. The van der Waals surface area contributed by atoms with Crippen LogP contribution in [0.1, 0.15) is 37.0 Å². The summed E-state index contributed by atoms with van der Waals surface area (Å²) in [6.45, 7) is 5.38. The summed E-state index contributed by atoms with van der Waals surface area (Å²) in [7, 11) is 1.58. The van der Waals surface area contributed by atoms with Gasteiger partial charge in [0.2, 0.25) is 5.95 Å². The van der Waals surface area contributed by atoms with Crippen molar-refractivity contribution in [1.82, 2.24) is 18.7 Å². The Balaban J connectivity index is 1.80. The third-order valence-electron chi connectivity index (χ3n) is 6.44. The van der Waals surface area contributed by atoms with Crippen LogP contribution in [0.15, 0.2) is 45.5 Å². The number of thioether (sulfide) groups is 1. The molecule has 2 aromatic heterocycles. The number of piperidine rings is 1. The summed E-state index contributed by atoms with van der Waals surface area (Å²) in [6, 6.07) is 6.78. The SMILES string of the molecule is CSCOc1cccc(C(=O)Cn2c(=O)c3c(nc(N4CCCC(N)C4)n3CC=C(C)C)n(C)c2=O)c1. The number of nitrogens with zero attached hydrogens (tertiary/aromatic N) is 5. The van der Waals surface area contributed by atoms with Crippen molar-refractivity contribution in [3.05, 3.63) is 62.3 Å². The van der Waals surface area contributed by atoms with Crippen LogP contribution in [0.3, 0.4) is 0 Å². The lowest BCUT2D eigenvalue weighted by atomic mass is 10.1. The molecule has 0 aliphatic carbocycles. The second-order valence-corrected chi connectivity index (χ2v) is 10.4. The van der Waals surface area contributed by atoms with Crippen LogP contribution < -0.4 is 26.6 Å². The number of fused-ring (bicyclic) bond motifs is 1. The molecule has 0 radical (unpaired) electrons. The maximum atomic E-state index is 13.7. The molecule has 1 aromatic carbocycles. The van der Waals surface area contributed by atoms with Crippen LogP contribution in [-0.4, -0.2) is 55.8 Å². The van der Waals surface area contributed by atoms with Crippen molar-refractivity contribution in [2.45, 2.75) is 45.8 Å². The van der Waals surface area contributed by atoms with Gasteiger partial charge in [-0.3, -0.25) is 18.7 Å². The smallest absolute Gasteiger partial charge is 0.332 e. The molecule has 3 heterocycles. The maximum absolute atomic E-state index is 13.7. The fourth-order valence-corrected chi connectivity index (χ4v) is 4.75. The largest absolute Gasteiger partial charge is 0.483 e. The zero-order valence-electron chi connectivity index (χ0n) is 21.8. The molecule has 1 unspecified atom stereocenters. The van der Waals surface area contributed by atoms with Crippen LogP contribution in [-0.2, 0) is 20.1 Å². The van der Waals surface area contributed by atoms with Gasteiger partial charge < -0.3 is 19.9 Å². The summed E-state index contributed by atoms with van der Waals surface area (Å²) < 4.78 is 9.76. The van der Waals surface area contributed by atoms with E-state index >= 15 is 0 Å². The van der Waals surface area contributed by atoms with E-state index in [2.05, 4.69) is 4.90 Å². The number of nitrogens with two attached hydrogens (primary N) is 1. The van der Waals surface area contributed by atoms with Gasteiger partial charge in [0.05, 0.1) is 6.54 Å². The molecule has 3 aromatic rings. The summed E-state index contributed by atoms with van der Waals surface area (Å²) in [5.74, 6) is 1.26. The Morgan fingerprint density at radius 3 is 2.76 bits per heavy atom. The molecule has 0 bridgehead atoms. The number of ether oxygens (including phenoxy) is 1. The minimum Gasteiger partial charge on any atom is -0.483 e. The molecule has 1 saturated heterocycles. The van der Waals surface area contributed by atoms with E-state index in [0.29, 0.717) is 47.5 Å². The van der Waals surface area contributed by atoms with Crippen LogP contribution in [0.25, 0.3) is 11.2 Å². The molecule has 0 saturated carbocycles. The Bertz CT molecular complexity index is 1450. The standard InChI is InChI=1S/C26H34N6O4S/c1-17(2)10-12-31-22-23(28-25(31)30-11-6-8-19(27)14-30)29(3)26(35)32(24(22)34)15-21(33)18-7-5-9-20(13-18)36-16-37-4/h5,7,9-10,13,19H,6,8,11-12,14-16,27H2,1-4H3. The first-order valence-corrected chi connectivity index (χ1v) is 13.7. The summed E-state index contributed by atoms with van der Waals surface area (Å²) >= 11 is 1.52. The van der Waals surface area contributed by atoms with E-state index in [1.54, 1.807) is 31.3 Å². The minimum atomic E-state index is -0.589. The normalized spacial score (nSPS) is 15.7.